The Balaban J connectivity index is 1.79. The van der Waals surface area contributed by atoms with Gasteiger partial charge in [-0.25, -0.2) is 9.97 Å². The fourth-order valence-corrected chi connectivity index (χ4v) is 1.70. The van der Waals surface area contributed by atoms with Crippen LogP contribution in [-0.4, -0.2) is 19.9 Å². The number of rotatable bonds is 3. The lowest BCUT2D eigenvalue weighted by Gasteiger charge is -2.06. The van der Waals surface area contributed by atoms with Crippen LogP contribution >= 0.6 is 0 Å². The summed E-state index contributed by atoms with van der Waals surface area (Å²) < 4.78 is 0. The van der Waals surface area contributed by atoms with Crippen molar-refractivity contribution >= 4 is 16.7 Å². The highest BCUT2D eigenvalue weighted by Crippen LogP contribution is 2.15. The zero-order valence-electron chi connectivity index (χ0n) is 9.61. The number of hydrogen-bond acceptors (Lipinski definition) is 5. The SMILES string of the molecule is c1ncc(CNc2ccc3nccnc3c2)cn1. The first kappa shape index (κ1) is 10.6. The smallest absolute Gasteiger partial charge is 0.115 e. The fraction of sp³-hybridized carbons (Fsp3) is 0.0769. The highest BCUT2D eigenvalue weighted by atomic mass is 14.9. The minimum absolute atomic E-state index is 0.687. The van der Waals surface area contributed by atoms with Gasteiger partial charge in [-0.2, -0.15) is 0 Å². The molecule has 0 aliphatic carbocycles. The van der Waals surface area contributed by atoms with Gasteiger partial charge in [0.1, 0.15) is 6.33 Å². The van der Waals surface area contributed by atoms with Gasteiger partial charge in [0, 0.05) is 42.6 Å². The molecule has 1 N–H and O–H groups in total. The highest BCUT2D eigenvalue weighted by molar-refractivity contribution is 5.78. The van der Waals surface area contributed by atoms with Gasteiger partial charge in [-0.1, -0.05) is 0 Å². The summed E-state index contributed by atoms with van der Waals surface area (Å²) in [6, 6.07) is 5.92. The maximum Gasteiger partial charge on any atom is 0.115 e. The quantitative estimate of drug-likeness (QED) is 0.755. The van der Waals surface area contributed by atoms with E-state index in [0.29, 0.717) is 6.54 Å². The average molecular weight is 237 g/mol. The van der Waals surface area contributed by atoms with E-state index in [-0.39, 0.29) is 0 Å². The van der Waals surface area contributed by atoms with E-state index in [4.69, 9.17) is 0 Å². The minimum Gasteiger partial charge on any atom is -0.381 e. The number of hydrogen-bond donors (Lipinski definition) is 1. The van der Waals surface area contributed by atoms with Crippen molar-refractivity contribution in [2.24, 2.45) is 0 Å². The fourth-order valence-electron chi connectivity index (χ4n) is 1.70. The van der Waals surface area contributed by atoms with Crippen LogP contribution < -0.4 is 5.32 Å². The van der Waals surface area contributed by atoms with Crippen molar-refractivity contribution in [1.82, 2.24) is 19.9 Å². The second-order valence-corrected chi connectivity index (χ2v) is 3.86. The van der Waals surface area contributed by atoms with Gasteiger partial charge in [-0.15, -0.1) is 0 Å². The molecule has 88 valence electrons. The van der Waals surface area contributed by atoms with Gasteiger partial charge in [0.05, 0.1) is 11.0 Å². The molecule has 5 nitrogen and oxygen atoms in total. The molecule has 0 spiro atoms. The third-order valence-electron chi connectivity index (χ3n) is 2.58. The molecule has 18 heavy (non-hydrogen) atoms. The van der Waals surface area contributed by atoms with Crippen molar-refractivity contribution in [3.05, 3.63) is 54.9 Å². The number of nitrogens with zero attached hydrogens (tertiary/aromatic N) is 4. The maximum absolute atomic E-state index is 4.27. The molecule has 2 heterocycles. The lowest BCUT2D eigenvalue weighted by molar-refractivity contribution is 1.05. The van der Waals surface area contributed by atoms with Gasteiger partial charge < -0.3 is 5.32 Å². The Labute approximate surface area is 104 Å². The molecular formula is C13H11N5. The molecular weight excluding hydrogens is 226 g/mol. The van der Waals surface area contributed by atoms with Crippen LogP contribution in [0.3, 0.4) is 0 Å². The Morgan fingerprint density at radius 3 is 2.56 bits per heavy atom. The van der Waals surface area contributed by atoms with Gasteiger partial charge in [0.2, 0.25) is 0 Å². The molecule has 2 aromatic heterocycles. The zero-order chi connectivity index (χ0) is 12.2. The van der Waals surface area contributed by atoms with Crippen LogP contribution in [0.1, 0.15) is 5.56 Å². The van der Waals surface area contributed by atoms with Crippen LogP contribution in [0.4, 0.5) is 5.69 Å². The number of anilines is 1. The molecule has 0 amide bonds. The number of nitrogens with one attached hydrogen (secondary N) is 1. The Morgan fingerprint density at radius 2 is 1.72 bits per heavy atom. The van der Waals surface area contributed by atoms with E-state index < -0.39 is 0 Å². The summed E-state index contributed by atoms with van der Waals surface area (Å²) in [4.78, 5) is 16.4. The predicted molar refractivity (Wildman–Crippen MR) is 68.9 cm³/mol. The van der Waals surface area contributed by atoms with Crippen molar-refractivity contribution in [2.45, 2.75) is 6.54 Å². The number of aromatic nitrogens is 4. The first-order chi connectivity index (χ1) is 8.92. The Morgan fingerprint density at radius 1 is 0.944 bits per heavy atom. The summed E-state index contributed by atoms with van der Waals surface area (Å²) >= 11 is 0. The Hall–Kier alpha value is -2.56. The van der Waals surface area contributed by atoms with E-state index in [1.807, 2.05) is 18.2 Å². The summed E-state index contributed by atoms with van der Waals surface area (Å²) in [5.74, 6) is 0. The monoisotopic (exact) mass is 237 g/mol. The molecule has 0 atom stereocenters. The number of fused-ring (bicyclic) bond motifs is 1. The second kappa shape index (κ2) is 4.75. The molecule has 0 aliphatic heterocycles. The Bertz CT molecular complexity index is 654. The molecule has 3 rings (SSSR count). The predicted octanol–water partition coefficient (Wildman–Crippen LogP) is 2.03. The first-order valence-electron chi connectivity index (χ1n) is 5.60. The van der Waals surface area contributed by atoms with E-state index in [2.05, 4.69) is 25.3 Å². The van der Waals surface area contributed by atoms with Crippen molar-refractivity contribution in [2.75, 3.05) is 5.32 Å². The second-order valence-electron chi connectivity index (χ2n) is 3.86. The molecule has 0 unspecified atom stereocenters. The highest BCUT2D eigenvalue weighted by Gasteiger charge is 1.98. The van der Waals surface area contributed by atoms with Crippen LogP contribution in [0.25, 0.3) is 11.0 Å². The van der Waals surface area contributed by atoms with E-state index in [0.717, 1.165) is 22.3 Å². The van der Waals surface area contributed by atoms with Crippen LogP contribution in [0.5, 0.6) is 0 Å². The van der Waals surface area contributed by atoms with Gasteiger partial charge in [0.15, 0.2) is 0 Å². The van der Waals surface area contributed by atoms with Gasteiger partial charge in [-0.05, 0) is 18.2 Å². The molecule has 0 saturated heterocycles. The number of benzene rings is 1. The lowest BCUT2D eigenvalue weighted by Crippen LogP contribution is -2.00. The van der Waals surface area contributed by atoms with Crippen LogP contribution in [0.15, 0.2) is 49.3 Å². The van der Waals surface area contributed by atoms with Gasteiger partial charge >= 0.3 is 0 Å². The molecule has 0 aliphatic rings. The standard InChI is InChI=1S/C13H11N5/c1-2-12-13(17-4-3-16-12)5-11(1)18-8-10-6-14-9-15-7-10/h1-7,9,18H,8H2. The normalized spacial score (nSPS) is 10.4. The lowest BCUT2D eigenvalue weighted by atomic mass is 10.2. The van der Waals surface area contributed by atoms with E-state index in [1.165, 1.54) is 6.33 Å². The van der Waals surface area contributed by atoms with Crippen LogP contribution in [-0.2, 0) is 6.54 Å². The van der Waals surface area contributed by atoms with Crippen LogP contribution in [0.2, 0.25) is 0 Å². The first-order valence-corrected chi connectivity index (χ1v) is 5.60. The average Bonchev–Trinajstić information content (AvgIpc) is 2.46. The topological polar surface area (TPSA) is 63.6 Å². The molecule has 1 aromatic carbocycles. The molecule has 5 heteroatoms. The third-order valence-corrected chi connectivity index (χ3v) is 2.58. The molecule has 0 saturated carbocycles. The molecule has 0 fully saturated rings. The van der Waals surface area contributed by atoms with Crippen molar-refractivity contribution in [3.8, 4) is 0 Å². The minimum atomic E-state index is 0.687. The summed E-state index contributed by atoms with van der Waals surface area (Å²) in [6.45, 7) is 0.687. The summed E-state index contributed by atoms with van der Waals surface area (Å²) in [7, 11) is 0. The van der Waals surface area contributed by atoms with Gasteiger partial charge in [0.25, 0.3) is 0 Å². The van der Waals surface area contributed by atoms with Gasteiger partial charge in [-0.3, -0.25) is 9.97 Å². The van der Waals surface area contributed by atoms with E-state index in [1.54, 1.807) is 24.8 Å². The summed E-state index contributed by atoms with van der Waals surface area (Å²) in [5.41, 5.74) is 3.82. The Kier molecular flexibility index (Phi) is 2.79. The van der Waals surface area contributed by atoms with Crippen LogP contribution in [0, 0.1) is 0 Å². The van der Waals surface area contributed by atoms with Crippen molar-refractivity contribution in [1.29, 1.82) is 0 Å². The third kappa shape index (κ3) is 2.24. The van der Waals surface area contributed by atoms with E-state index in [9.17, 15) is 0 Å². The zero-order valence-corrected chi connectivity index (χ0v) is 9.61. The molecule has 0 bridgehead atoms. The molecule has 3 aromatic rings. The van der Waals surface area contributed by atoms with Crippen molar-refractivity contribution in [3.63, 3.8) is 0 Å². The summed E-state index contributed by atoms with van der Waals surface area (Å²) in [5, 5.41) is 3.31. The van der Waals surface area contributed by atoms with E-state index >= 15 is 0 Å². The largest absolute Gasteiger partial charge is 0.381 e. The molecule has 0 radical (unpaired) electrons. The maximum atomic E-state index is 4.27. The summed E-state index contributed by atoms with van der Waals surface area (Å²) in [6.07, 6.45) is 8.49. The van der Waals surface area contributed by atoms with Crippen molar-refractivity contribution < 1.29 is 0 Å².